The van der Waals surface area contributed by atoms with Gasteiger partial charge in [0.15, 0.2) is 0 Å². The average Bonchev–Trinajstić information content (AvgIpc) is 3.11. The van der Waals surface area contributed by atoms with Crippen LogP contribution in [0.5, 0.6) is 0 Å². The van der Waals surface area contributed by atoms with Gasteiger partial charge in [0.2, 0.25) is 5.89 Å². The lowest BCUT2D eigenvalue weighted by Gasteiger charge is -2.12. The van der Waals surface area contributed by atoms with Crippen molar-refractivity contribution in [2.24, 2.45) is 11.7 Å². The van der Waals surface area contributed by atoms with Gasteiger partial charge in [-0.3, -0.25) is 4.90 Å². The van der Waals surface area contributed by atoms with Crippen LogP contribution >= 0.6 is 0 Å². The lowest BCUT2D eigenvalue weighted by atomic mass is 10.1. The number of rotatable bonds is 4. The van der Waals surface area contributed by atoms with Crippen LogP contribution in [0, 0.1) is 19.8 Å². The van der Waals surface area contributed by atoms with Gasteiger partial charge in [-0.1, -0.05) is 0 Å². The quantitative estimate of drug-likeness (QED) is 0.915. The molecule has 1 unspecified atom stereocenters. The maximum atomic E-state index is 5.74. The third-order valence-corrected chi connectivity index (χ3v) is 3.80. The second-order valence-corrected chi connectivity index (χ2v) is 5.45. The molecule has 6 nitrogen and oxygen atoms in total. The van der Waals surface area contributed by atoms with E-state index >= 15 is 0 Å². The molecule has 2 aromatic heterocycles. The second-order valence-electron chi connectivity index (χ2n) is 5.45. The summed E-state index contributed by atoms with van der Waals surface area (Å²) in [5, 5.41) is 8.24. The van der Waals surface area contributed by atoms with Crippen LogP contribution < -0.4 is 5.73 Å². The molecule has 2 aromatic rings. The molecule has 3 heterocycles. The molecule has 0 amide bonds. The van der Waals surface area contributed by atoms with Gasteiger partial charge in [0.05, 0.1) is 12.1 Å². The molecule has 0 aliphatic carbocycles. The molecule has 0 bridgehead atoms. The highest BCUT2D eigenvalue weighted by Crippen LogP contribution is 2.26. The normalized spacial score (nSPS) is 19.9. The number of likely N-dealkylation sites (tertiary alicyclic amines) is 1. The number of nitrogens with zero attached hydrogens (tertiary/aromatic N) is 3. The van der Waals surface area contributed by atoms with Crippen molar-refractivity contribution in [3.8, 4) is 11.5 Å². The van der Waals surface area contributed by atoms with Gasteiger partial charge in [-0.15, -0.1) is 10.2 Å². The zero-order chi connectivity index (χ0) is 14.1. The van der Waals surface area contributed by atoms with Crippen molar-refractivity contribution in [1.82, 2.24) is 15.1 Å². The van der Waals surface area contributed by atoms with E-state index in [1.54, 1.807) is 0 Å². The largest absolute Gasteiger partial charge is 0.466 e. The van der Waals surface area contributed by atoms with Crippen LogP contribution in [0.25, 0.3) is 11.5 Å². The molecule has 20 heavy (non-hydrogen) atoms. The van der Waals surface area contributed by atoms with Crippen LogP contribution in [-0.4, -0.2) is 34.7 Å². The van der Waals surface area contributed by atoms with E-state index < -0.39 is 0 Å². The third kappa shape index (κ3) is 2.62. The van der Waals surface area contributed by atoms with E-state index in [4.69, 9.17) is 14.6 Å². The fourth-order valence-electron chi connectivity index (χ4n) is 2.71. The standard InChI is InChI=1S/C14H20N4O2/c1-9-5-12(10(2)19-9)14-17-16-13(20-14)8-18-4-3-11(6-15)7-18/h5,11H,3-4,6-8,15H2,1-2H3. The molecule has 1 aliphatic heterocycles. The van der Waals surface area contributed by atoms with Crippen molar-refractivity contribution < 1.29 is 8.83 Å². The highest BCUT2D eigenvalue weighted by Gasteiger charge is 2.23. The van der Waals surface area contributed by atoms with Crippen molar-refractivity contribution in [1.29, 1.82) is 0 Å². The molecule has 6 heteroatoms. The van der Waals surface area contributed by atoms with Crippen LogP contribution in [0.1, 0.15) is 23.8 Å². The Morgan fingerprint density at radius 1 is 1.35 bits per heavy atom. The Hall–Kier alpha value is -1.66. The molecular formula is C14H20N4O2. The van der Waals surface area contributed by atoms with Gasteiger partial charge >= 0.3 is 0 Å². The predicted molar refractivity (Wildman–Crippen MR) is 73.9 cm³/mol. The van der Waals surface area contributed by atoms with E-state index in [9.17, 15) is 0 Å². The zero-order valence-electron chi connectivity index (χ0n) is 11.9. The average molecular weight is 276 g/mol. The van der Waals surface area contributed by atoms with Gasteiger partial charge in [0, 0.05) is 6.54 Å². The van der Waals surface area contributed by atoms with Gasteiger partial charge in [0.25, 0.3) is 5.89 Å². The lowest BCUT2D eigenvalue weighted by Crippen LogP contribution is -2.22. The molecule has 0 radical (unpaired) electrons. The fourth-order valence-corrected chi connectivity index (χ4v) is 2.71. The Kier molecular flexibility index (Phi) is 3.58. The Balaban J connectivity index is 1.70. The molecule has 1 atom stereocenters. The van der Waals surface area contributed by atoms with Gasteiger partial charge in [0.1, 0.15) is 11.5 Å². The van der Waals surface area contributed by atoms with Crippen LogP contribution in [0.15, 0.2) is 14.9 Å². The van der Waals surface area contributed by atoms with Gasteiger partial charge in [-0.05, 0) is 45.3 Å². The second kappa shape index (κ2) is 5.38. The number of aryl methyl sites for hydroxylation is 2. The Morgan fingerprint density at radius 3 is 2.85 bits per heavy atom. The first kappa shape index (κ1) is 13.3. The summed E-state index contributed by atoms with van der Waals surface area (Å²) in [4.78, 5) is 2.31. The molecule has 1 saturated heterocycles. The smallest absolute Gasteiger partial charge is 0.251 e. The molecule has 0 saturated carbocycles. The number of hydrogen-bond acceptors (Lipinski definition) is 6. The summed E-state index contributed by atoms with van der Waals surface area (Å²) < 4.78 is 11.2. The van der Waals surface area contributed by atoms with Crippen LogP contribution in [-0.2, 0) is 6.54 Å². The minimum absolute atomic E-state index is 0.531. The molecule has 1 fully saturated rings. The first-order chi connectivity index (χ1) is 9.65. The van der Waals surface area contributed by atoms with Gasteiger partial charge in [-0.25, -0.2) is 0 Å². The van der Waals surface area contributed by atoms with Crippen LogP contribution in [0.2, 0.25) is 0 Å². The molecule has 1 aliphatic rings. The first-order valence-corrected chi connectivity index (χ1v) is 6.98. The molecule has 0 aromatic carbocycles. The highest BCUT2D eigenvalue weighted by atomic mass is 16.4. The number of furan rings is 1. The van der Waals surface area contributed by atoms with E-state index in [0.29, 0.717) is 24.2 Å². The first-order valence-electron chi connectivity index (χ1n) is 6.98. The Bertz CT molecular complexity index is 590. The van der Waals surface area contributed by atoms with E-state index in [2.05, 4.69) is 15.1 Å². The van der Waals surface area contributed by atoms with Gasteiger partial charge in [-0.2, -0.15) is 0 Å². The summed E-state index contributed by atoms with van der Waals surface area (Å²) in [7, 11) is 0. The predicted octanol–water partition coefficient (Wildman–Crippen LogP) is 1.73. The van der Waals surface area contributed by atoms with Crippen molar-refractivity contribution >= 4 is 0 Å². The van der Waals surface area contributed by atoms with Crippen molar-refractivity contribution in [3.05, 3.63) is 23.5 Å². The van der Waals surface area contributed by atoms with E-state index in [-0.39, 0.29) is 0 Å². The maximum Gasteiger partial charge on any atom is 0.251 e. The summed E-state index contributed by atoms with van der Waals surface area (Å²) in [5.74, 6) is 3.43. The molecule has 3 rings (SSSR count). The third-order valence-electron chi connectivity index (χ3n) is 3.80. The highest BCUT2D eigenvalue weighted by molar-refractivity contribution is 5.55. The van der Waals surface area contributed by atoms with Crippen LogP contribution in [0.4, 0.5) is 0 Å². The SMILES string of the molecule is Cc1cc(-c2nnc(CN3CCC(CN)C3)o2)c(C)o1. The van der Waals surface area contributed by atoms with Crippen LogP contribution in [0.3, 0.4) is 0 Å². The minimum Gasteiger partial charge on any atom is -0.466 e. The van der Waals surface area contributed by atoms with Gasteiger partial charge < -0.3 is 14.6 Å². The zero-order valence-corrected chi connectivity index (χ0v) is 11.9. The summed E-state index contributed by atoms with van der Waals surface area (Å²) in [6.07, 6.45) is 1.15. The number of nitrogens with two attached hydrogens (primary N) is 1. The summed E-state index contributed by atoms with van der Waals surface area (Å²) in [6.45, 7) is 7.31. The van der Waals surface area contributed by atoms with Crippen molar-refractivity contribution in [3.63, 3.8) is 0 Å². The van der Waals surface area contributed by atoms with Crippen molar-refractivity contribution in [2.75, 3.05) is 19.6 Å². The summed E-state index contributed by atoms with van der Waals surface area (Å²) in [6, 6.07) is 1.92. The minimum atomic E-state index is 0.531. The van der Waals surface area contributed by atoms with E-state index in [0.717, 1.165) is 43.1 Å². The topological polar surface area (TPSA) is 81.3 Å². The Morgan fingerprint density at radius 2 is 2.20 bits per heavy atom. The summed E-state index contributed by atoms with van der Waals surface area (Å²) in [5.41, 5.74) is 6.58. The molecule has 0 spiro atoms. The molecule has 2 N–H and O–H groups in total. The van der Waals surface area contributed by atoms with Crippen molar-refractivity contribution in [2.45, 2.75) is 26.8 Å². The van der Waals surface area contributed by atoms with E-state index in [1.807, 2.05) is 19.9 Å². The number of aromatic nitrogens is 2. The molecular weight excluding hydrogens is 256 g/mol. The monoisotopic (exact) mass is 276 g/mol. The Labute approximate surface area is 117 Å². The lowest BCUT2D eigenvalue weighted by molar-refractivity contribution is 0.282. The van der Waals surface area contributed by atoms with E-state index in [1.165, 1.54) is 0 Å². The summed E-state index contributed by atoms with van der Waals surface area (Å²) >= 11 is 0. The number of hydrogen-bond donors (Lipinski definition) is 1. The maximum absolute atomic E-state index is 5.74. The fraction of sp³-hybridized carbons (Fsp3) is 0.571. The molecule has 108 valence electrons.